The van der Waals surface area contributed by atoms with E-state index in [1.165, 1.54) is 0 Å². The fraction of sp³-hybridized carbons (Fsp3) is 0.333. The van der Waals surface area contributed by atoms with E-state index in [9.17, 15) is 4.79 Å². The van der Waals surface area contributed by atoms with Gasteiger partial charge in [-0.25, -0.2) is 9.97 Å². The molecular weight excluding hydrogens is 266 g/mol. The molecule has 6 heteroatoms. The number of piperazine rings is 1. The zero-order valence-corrected chi connectivity index (χ0v) is 11.9. The summed E-state index contributed by atoms with van der Waals surface area (Å²) in [6.07, 6.45) is 6.58. The Morgan fingerprint density at radius 1 is 1.29 bits per heavy atom. The molecule has 1 saturated heterocycles. The second kappa shape index (κ2) is 5.97. The van der Waals surface area contributed by atoms with Gasteiger partial charge in [0.1, 0.15) is 0 Å². The van der Waals surface area contributed by atoms with E-state index in [2.05, 4.69) is 27.2 Å². The lowest BCUT2D eigenvalue weighted by atomic mass is 10.2. The number of amides is 1. The molecule has 0 saturated carbocycles. The quantitative estimate of drug-likeness (QED) is 0.889. The van der Waals surface area contributed by atoms with E-state index in [1.807, 2.05) is 17.0 Å². The lowest BCUT2D eigenvalue weighted by molar-refractivity contribution is 0.0708. The summed E-state index contributed by atoms with van der Waals surface area (Å²) >= 11 is 0. The number of hydrogen-bond acceptors (Lipinski definition) is 5. The number of carbonyl (C=O) groups is 1. The van der Waals surface area contributed by atoms with Crippen LogP contribution in [0, 0.1) is 0 Å². The minimum atomic E-state index is -0.00960. The Morgan fingerprint density at radius 2 is 2.00 bits per heavy atom. The summed E-state index contributed by atoms with van der Waals surface area (Å²) in [4.78, 5) is 26.8. The van der Waals surface area contributed by atoms with Crippen molar-refractivity contribution in [1.29, 1.82) is 0 Å². The molecule has 1 atom stereocenters. The highest BCUT2D eigenvalue weighted by atomic mass is 16.2. The van der Waals surface area contributed by atoms with Crippen LogP contribution < -0.4 is 5.32 Å². The maximum Gasteiger partial charge on any atom is 0.257 e. The first-order valence-corrected chi connectivity index (χ1v) is 6.99. The van der Waals surface area contributed by atoms with Gasteiger partial charge in [-0.3, -0.25) is 9.78 Å². The standard InChI is InChI=1S/C15H17N5O/c1-11-10-20(7-6-17-11)15(21)13-8-18-14(19-9-13)12-2-4-16-5-3-12/h2-5,8-9,11,17H,6-7,10H2,1H3/t11-/m0/s1. The van der Waals surface area contributed by atoms with Gasteiger partial charge in [0.2, 0.25) is 0 Å². The molecule has 0 unspecified atom stereocenters. The zero-order chi connectivity index (χ0) is 14.7. The third kappa shape index (κ3) is 3.05. The molecule has 3 heterocycles. The fourth-order valence-corrected chi connectivity index (χ4v) is 2.39. The Bertz CT molecular complexity index is 614. The predicted molar refractivity (Wildman–Crippen MR) is 78.6 cm³/mol. The number of carbonyl (C=O) groups excluding carboxylic acids is 1. The van der Waals surface area contributed by atoms with Crippen LogP contribution in [-0.4, -0.2) is 51.4 Å². The molecule has 2 aromatic rings. The van der Waals surface area contributed by atoms with Crippen LogP contribution in [0.5, 0.6) is 0 Å². The van der Waals surface area contributed by atoms with Gasteiger partial charge in [0.15, 0.2) is 5.82 Å². The van der Waals surface area contributed by atoms with E-state index in [-0.39, 0.29) is 5.91 Å². The van der Waals surface area contributed by atoms with Gasteiger partial charge in [-0.15, -0.1) is 0 Å². The van der Waals surface area contributed by atoms with Crippen LogP contribution >= 0.6 is 0 Å². The highest BCUT2D eigenvalue weighted by molar-refractivity contribution is 5.93. The molecule has 1 aliphatic rings. The normalized spacial score (nSPS) is 18.5. The Morgan fingerprint density at radius 3 is 2.67 bits per heavy atom. The van der Waals surface area contributed by atoms with Crippen LogP contribution in [0.3, 0.4) is 0 Å². The van der Waals surface area contributed by atoms with Gasteiger partial charge in [-0.2, -0.15) is 0 Å². The second-order valence-electron chi connectivity index (χ2n) is 5.14. The van der Waals surface area contributed by atoms with Gasteiger partial charge in [-0.1, -0.05) is 0 Å². The molecule has 21 heavy (non-hydrogen) atoms. The van der Waals surface area contributed by atoms with E-state index in [1.54, 1.807) is 24.8 Å². The molecule has 0 aromatic carbocycles. The van der Waals surface area contributed by atoms with Gasteiger partial charge in [-0.05, 0) is 19.1 Å². The van der Waals surface area contributed by atoms with Crippen LogP contribution in [0.2, 0.25) is 0 Å². The predicted octanol–water partition coefficient (Wildman–Crippen LogP) is 0.972. The number of hydrogen-bond donors (Lipinski definition) is 1. The molecule has 1 fully saturated rings. The van der Waals surface area contributed by atoms with Crippen molar-refractivity contribution >= 4 is 5.91 Å². The van der Waals surface area contributed by atoms with Crippen molar-refractivity contribution in [1.82, 2.24) is 25.2 Å². The van der Waals surface area contributed by atoms with Crippen LogP contribution in [-0.2, 0) is 0 Å². The summed E-state index contributed by atoms with van der Waals surface area (Å²) in [5.74, 6) is 0.590. The van der Waals surface area contributed by atoms with Crippen LogP contribution in [0.25, 0.3) is 11.4 Å². The molecule has 6 nitrogen and oxygen atoms in total. The van der Waals surface area contributed by atoms with E-state index in [0.717, 1.165) is 18.7 Å². The molecule has 0 aliphatic carbocycles. The maximum absolute atomic E-state index is 12.4. The van der Waals surface area contributed by atoms with Crippen molar-refractivity contribution in [3.8, 4) is 11.4 Å². The SMILES string of the molecule is C[C@H]1CN(C(=O)c2cnc(-c3ccncc3)nc2)CCN1. The Balaban J connectivity index is 1.76. The number of rotatable bonds is 2. The summed E-state index contributed by atoms with van der Waals surface area (Å²) in [5, 5.41) is 3.32. The summed E-state index contributed by atoms with van der Waals surface area (Å²) in [5.41, 5.74) is 1.42. The first-order chi connectivity index (χ1) is 10.2. The summed E-state index contributed by atoms with van der Waals surface area (Å²) in [6.45, 7) is 4.32. The molecule has 0 bridgehead atoms. The van der Waals surface area contributed by atoms with Crippen LogP contribution in [0.4, 0.5) is 0 Å². The third-order valence-corrected chi connectivity index (χ3v) is 3.49. The minimum absolute atomic E-state index is 0.00960. The van der Waals surface area contributed by atoms with Gasteiger partial charge in [0.05, 0.1) is 5.56 Å². The van der Waals surface area contributed by atoms with E-state index >= 15 is 0 Å². The van der Waals surface area contributed by atoms with Gasteiger partial charge in [0.25, 0.3) is 5.91 Å². The Kier molecular flexibility index (Phi) is 3.87. The molecule has 1 N–H and O–H groups in total. The molecule has 3 rings (SSSR count). The highest BCUT2D eigenvalue weighted by Crippen LogP contribution is 2.13. The Labute approximate surface area is 123 Å². The molecular formula is C15H17N5O. The van der Waals surface area contributed by atoms with Gasteiger partial charge >= 0.3 is 0 Å². The van der Waals surface area contributed by atoms with Crippen molar-refractivity contribution in [2.24, 2.45) is 0 Å². The lowest BCUT2D eigenvalue weighted by Gasteiger charge is -2.31. The fourth-order valence-electron chi connectivity index (χ4n) is 2.39. The van der Waals surface area contributed by atoms with Crippen molar-refractivity contribution in [2.75, 3.05) is 19.6 Å². The van der Waals surface area contributed by atoms with E-state index < -0.39 is 0 Å². The largest absolute Gasteiger partial charge is 0.336 e. The smallest absolute Gasteiger partial charge is 0.257 e. The molecule has 0 spiro atoms. The first-order valence-electron chi connectivity index (χ1n) is 6.99. The topological polar surface area (TPSA) is 71.0 Å². The lowest BCUT2D eigenvalue weighted by Crippen LogP contribution is -2.51. The van der Waals surface area contributed by atoms with Gasteiger partial charge < -0.3 is 10.2 Å². The highest BCUT2D eigenvalue weighted by Gasteiger charge is 2.22. The van der Waals surface area contributed by atoms with E-state index in [4.69, 9.17) is 0 Å². The zero-order valence-electron chi connectivity index (χ0n) is 11.9. The monoisotopic (exact) mass is 283 g/mol. The average molecular weight is 283 g/mol. The summed E-state index contributed by atoms with van der Waals surface area (Å²) < 4.78 is 0. The molecule has 1 aliphatic heterocycles. The number of pyridine rings is 1. The number of nitrogens with one attached hydrogen (secondary N) is 1. The summed E-state index contributed by atoms with van der Waals surface area (Å²) in [6, 6.07) is 4.00. The van der Waals surface area contributed by atoms with Gasteiger partial charge in [0, 0.05) is 56.0 Å². The number of aromatic nitrogens is 3. The van der Waals surface area contributed by atoms with E-state index in [0.29, 0.717) is 24.0 Å². The van der Waals surface area contributed by atoms with Crippen molar-refractivity contribution < 1.29 is 4.79 Å². The molecule has 108 valence electrons. The molecule has 0 radical (unpaired) electrons. The third-order valence-electron chi connectivity index (χ3n) is 3.49. The Hall–Kier alpha value is -2.34. The molecule has 1 amide bonds. The van der Waals surface area contributed by atoms with Crippen LogP contribution in [0.15, 0.2) is 36.9 Å². The maximum atomic E-state index is 12.4. The number of nitrogens with zero attached hydrogens (tertiary/aromatic N) is 4. The second-order valence-corrected chi connectivity index (χ2v) is 5.14. The van der Waals surface area contributed by atoms with Crippen molar-refractivity contribution in [3.63, 3.8) is 0 Å². The van der Waals surface area contributed by atoms with Crippen molar-refractivity contribution in [3.05, 3.63) is 42.5 Å². The van der Waals surface area contributed by atoms with Crippen molar-refractivity contribution in [2.45, 2.75) is 13.0 Å². The van der Waals surface area contributed by atoms with Crippen LogP contribution in [0.1, 0.15) is 17.3 Å². The molecule has 2 aromatic heterocycles. The summed E-state index contributed by atoms with van der Waals surface area (Å²) in [7, 11) is 0. The first kappa shape index (κ1) is 13.6. The minimum Gasteiger partial charge on any atom is -0.336 e. The average Bonchev–Trinajstić information content (AvgIpc) is 2.55.